The molecule has 1 heterocycles. The first-order valence-corrected chi connectivity index (χ1v) is 6.78. The number of amides is 2. The minimum atomic E-state index is -0.671. The number of hydrazine groups is 1. The van der Waals surface area contributed by atoms with Gasteiger partial charge >= 0.3 is 0 Å². The van der Waals surface area contributed by atoms with E-state index in [1.807, 2.05) is 0 Å². The van der Waals surface area contributed by atoms with E-state index in [1.54, 1.807) is 6.07 Å². The van der Waals surface area contributed by atoms with Gasteiger partial charge in [0.25, 0.3) is 17.4 Å². The minimum Gasteiger partial charge on any atom is -0.496 e. The van der Waals surface area contributed by atoms with E-state index in [9.17, 15) is 14.4 Å². The molecule has 9 heteroatoms. The first kappa shape index (κ1) is 16.5. The Morgan fingerprint density at radius 3 is 2.52 bits per heavy atom. The fourth-order valence-electron chi connectivity index (χ4n) is 1.73. The quantitative estimate of drug-likeness (QED) is 0.795. The van der Waals surface area contributed by atoms with Gasteiger partial charge in [-0.3, -0.25) is 25.2 Å². The molecular weight excluding hydrogens is 324 g/mol. The number of carbonyl (C=O) groups excluding carboxylic acids is 2. The molecular formula is C14H13ClN4O4. The molecule has 0 saturated carbocycles. The van der Waals surface area contributed by atoms with Crippen LogP contribution < -0.4 is 21.1 Å². The highest BCUT2D eigenvalue weighted by atomic mass is 35.5. The van der Waals surface area contributed by atoms with Gasteiger partial charge in [0.15, 0.2) is 5.69 Å². The predicted molar refractivity (Wildman–Crippen MR) is 82.4 cm³/mol. The van der Waals surface area contributed by atoms with Gasteiger partial charge in [-0.25, -0.2) is 4.68 Å². The number of carbonyl (C=O) groups is 2. The van der Waals surface area contributed by atoms with Crippen LogP contribution in [0.4, 0.5) is 0 Å². The number of hydrogen-bond donors (Lipinski definition) is 2. The smallest absolute Gasteiger partial charge is 0.290 e. The number of aromatic nitrogens is 2. The van der Waals surface area contributed by atoms with E-state index in [-0.39, 0.29) is 16.8 Å². The molecule has 1 aromatic heterocycles. The first-order chi connectivity index (χ1) is 10.9. The molecule has 0 atom stereocenters. The van der Waals surface area contributed by atoms with Gasteiger partial charge < -0.3 is 4.74 Å². The molecule has 0 aliphatic rings. The molecule has 23 heavy (non-hydrogen) atoms. The maximum absolute atomic E-state index is 12.1. The van der Waals surface area contributed by atoms with Crippen molar-refractivity contribution in [3.63, 3.8) is 0 Å². The largest absolute Gasteiger partial charge is 0.496 e. The van der Waals surface area contributed by atoms with Crippen LogP contribution in [0.25, 0.3) is 0 Å². The van der Waals surface area contributed by atoms with Crippen LogP contribution >= 0.6 is 11.6 Å². The summed E-state index contributed by atoms with van der Waals surface area (Å²) in [6, 6.07) is 6.97. The number of benzene rings is 1. The molecule has 0 bridgehead atoms. The maximum atomic E-state index is 12.1. The molecule has 8 nitrogen and oxygen atoms in total. The second-order valence-corrected chi connectivity index (χ2v) is 4.87. The normalized spacial score (nSPS) is 10.0. The summed E-state index contributed by atoms with van der Waals surface area (Å²) >= 11 is 5.84. The number of hydrogen-bond acceptors (Lipinski definition) is 5. The van der Waals surface area contributed by atoms with Crippen LogP contribution in [-0.2, 0) is 7.05 Å². The van der Waals surface area contributed by atoms with E-state index in [2.05, 4.69) is 16.0 Å². The van der Waals surface area contributed by atoms with Gasteiger partial charge in [-0.2, -0.15) is 5.10 Å². The lowest BCUT2D eigenvalue weighted by Gasteiger charge is -2.10. The highest BCUT2D eigenvalue weighted by Gasteiger charge is 2.15. The Balaban J connectivity index is 2.09. The summed E-state index contributed by atoms with van der Waals surface area (Å²) in [4.78, 5) is 35.2. The van der Waals surface area contributed by atoms with Crippen molar-refractivity contribution in [2.75, 3.05) is 7.11 Å². The van der Waals surface area contributed by atoms with Crippen LogP contribution in [0.2, 0.25) is 5.02 Å². The van der Waals surface area contributed by atoms with E-state index in [4.69, 9.17) is 16.3 Å². The highest BCUT2D eigenvalue weighted by molar-refractivity contribution is 6.31. The number of aryl methyl sites for hydroxylation is 1. The van der Waals surface area contributed by atoms with E-state index in [0.717, 1.165) is 4.68 Å². The molecule has 2 aromatic rings. The van der Waals surface area contributed by atoms with E-state index in [0.29, 0.717) is 10.8 Å². The van der Waals surface area contributed by atoms with Crippen molar-refractivity contribution < 1.29 is 14.3 Å². The molecule has 120 valence electrons. The topological polar surface area (TPSA) is 102 Å². The molecule has 0 radical (unpaired) electrons. The first-order valence-electron chi connectivity index (χ1n) is 6.41. The predicted octanol–water partition coefficient (Wildman–Crippen LogP) is 0.517. The Morgan fingerprint density at radius 1 is 1.17 bits per heavy atom. The molecule has 2 amide bonds. The number of nitrogens with one attached hydrogen (secondary N) is 2. The summed E-state index contributed by atoms with van der Waals surface area (Å²) in [5.41, 5.74) is 4.21. The summed E-state index contributed by atoms with van der Waals surface area (Å²) in [5.74, 6) is -0.973. The molecule has 2 rings (SSSR count). The molecule has 0 saturated heterocycles. The molecule has 0 unspecified atom stereocenters. The Kier molecular flexibility index (Phi) is 4.97. The summed E-state index contributed by atoms with van der Waals surface area (Å²) in [6.45, 7) is 0. The van der Waals surface area contributed by atoms with Gasteiger partial charge in [-0.15, -0.1) is 0 Å². The average Bonchev–Trinajstić information content (AvgIpc) is 2.54. The van der Waals surface area contributed by atoms with Crippen molar-refractivity contribution in [3.8, 4) is 5.75 Å². The summed E-state index contributed by atoms with van der Waals surface area (Å²) in [6.07, 6.45) is 0. The number of nitrogens with zero attached hydrogens (tertiary/aromatic N) is 2. The Labute approximate surface area is 136 Å². The Hall–Kier alpha value is -2.87. The molecule has 0 fully saturated rings. The van der Waals surface area contributed by atoms with Crippen LogP contribution in [-0.4, -0.2) is 28.7 Å². The number of rotatable bonds is 3. The molecule has 0 aliphatic heterocycles. The number of halogens is 1. The van der Waals surface area contributed by atoms with E-state index >= 15 is 0 Å². The standard InChI is InChI=1S/C14H13ClN4O4/c1-19-12(20)6-4-10(18-19)14(22)17-16-13(21)9-7-8(15)3-5-11(9)23-2/h3-7H,1-2H3,(H,16,21)(H,17,22). The van der Waals surface area contributed by atoms with Gasteiger partial charge in [0, 0.05) is 18.1 Å². The second-order valence-electron chi connectivity index (χ2n) is 4.43. The minimum absolute atomic E-state index is 0.0227. The zero-order chi connectivity index (χ0) is 17.0. The van der Waals surface area contributed by atoms with Gasteiger partial charge in [-0.1, -0.05) is 11.6 Å². The van der Waals surface area contributed by atoms with Gasteiger partial charge in [0.1, 0.15) is 5.75 Å². The van der Waals surface area contributed by atoms with Gasteiger partial charge in [-0.05, 0) is 24.3 Å². The SMILES string of the molecule is COc1ccc(Cl)cc1C(=O)NNC(=O)c1ccc(=O)n(C)n1. The van der Waals surface area contributed by atoms with Crippen molar-refractivity contribution in [2.24, 2.45) is 7.05 Å². The number of ether oxygens (including phenoxy) is 1. The molecule has 1 aromatic carbocycles. The van der Waals surface area contributed by atoms with E-state index in [1.165, 1.54) is 38.4 Å². The van der Waals surface area contributed by atoms with Gasteiger partial charge in [0.2, 0.25) is 0 Å². The van der Waals surface area contributed by atoms with Crippen LogP contribution in [0.3, 0.4) is 0 Å². The van der Waals surface area contributed by atoms with Crippen molar-refractivity contribution >= 4 is 23.4 Å². The fourth-order valence-corrected chi connectivity index (χ4v) is 1.90. The second kappa shape index (κ2) is 6.93. The van der Waals surface area contributed by atoms with Gasteiger partial charge in [0.05, 0.1) is 12.7 Å². The summed E-state index contributed by atoms with van der Waals surface area (Å²) < 4.78 is 6.07. The lowest BCUT2D eigenvalue weighted by molar-refractivity contribution is 0.0841. The van der Waals surface area contributed by atoms with Crippen molar-refractivity contribution in [1.29, 1.82) is 0 Å². The van der Waals surface area contributed by atoms with Crippen molar-refractivity contribution in [2.45, 2.75) is 0 Å². The van der Waals surface area contributed by atoms with E-state index < -0.39 is 11.8 Å². The molecule has 0 aliphatic carbocycles. The third-order valence-corrected chi connectivity index (χ3v) is 3.12. The molecule has 0 spiro atoms. The summed E-state index contributed by atoms with van der Waals surface area (Å²) in [7, 11) is 2.82. The lowest BCUT2D eigenvalue weighted by Crippen LogP contribution is -2.42. The average molecular weight is 337 g/mol. The number of methoxy groups -OCH3 is 1. The summed E-state index contributed by atoms with van der Waals surface area (Å²) in [5, 5.41) is 4.12. The van der Waals surface area contributed by atoms with Crippen LogP contribution in [0, 0.1) is 0 Å². The van der Waals surface area contributed by atoms with Crippen LogP contribution in [0.1, 0.15) is 20.8 Å². The highest BCUT2D eigenvalue weighted by Crippen LogP contribution is 2.22. The monoisotopic (exact) mass is 336 g/mol. The van der Waals surface area contributed by atoms with Crippen LogP contribution in [0.15, 0.2) is 35.1 Å². The lowest BCUT2D eigenvalue weighted by atomic mass is 10.2. The van der Waals surface area contributed by atoms with Crippen molar-refractivity contribution in [3.05, 3.63) is 57.0 Å². The zero-order valence-corrected chi connectivity index (χ0v) is 13.0. The van der Waals surface area contributed by atoms with Crippen molar-refractivity contribution in [1.82, 2.24) is 20.6 Å². The third kappa shape index (κ3) is 3.86. The fraction of sp³-hybridized carbons (Fsp3) is 0.143. The van der Waals surface area contributed by atoms with Crippen LogP contribution in [0.5, 0.6) is 5.75 Å². The maximum Gasteiger partial charge on any atom is 0.290 e. The Morgan fingerprint density at radius 2 is 1.87 bits per heavy atom. The Bertz CT molecular complexity index is 819. The zero-order valence-electron chi connectivity index (χ0n) is 12.3. The molecule has 2 N–H and O–H groups in total. The third-order valence-electron chi connectivity index (χ3n) is 2.89.